The average molecular weight is 410 g/mol. The summed E-state index contributed by atoms with van der Waals surface area (Å²) >= 11 is 0. The molecule has 30 heavy (non-hydrogen) atoms. The quantitative estimate of drug-likeness (QED) is 0.820. The van der Waals surface area contributed by atoms with E-state index in [1.165, 1.54) is 6.07 Å². The van der Waals surface area contributed by atoms with E-state index in [4.69, 9.17) is 0 Å². The van der Waals surface area contributed by atoms with E-state index < -0.39 is 5.41 Å². The van der Waals surface area contributed by atoms with Crippen LogP contribution in [0.4, 0.5) is 4.39 Å². The van der Waals surface area contributed by atoms with Crippen LogP contribution in [0.3, 0.4) is 0 Å². The summed E-state index contributed by atoms with van der Waals surface area (Å²) < 4.78 is 14.1. The molecule has 2 aromatic carbocycles. The van der Waals surface area contributed by atoms with Crippen LogP contribution in [0.1, 0.15) is 36.8 Å². The minimum Gasteiger partial charge on any atom is -0.351 e. The molecule has 0 spiro atoms. The third kappa shape index (κ3) is 4.57. The first-order chi connectivity index (χ1) is 14.6. The Kier molecular flexibility index (Phi) is 6.49. The zero-order valence-electron chi connectivity index (χ0n) is 17.8. The summed E-state index contributed by atoms with van der Waals surface area (Å²) in [5.41, 5.74) is 1.39. The van der Waals surface area contributed by atoms with E-state index in [-0.39, 0.29) is 17.8 Å². The van der Waals surface area contributed by atoms with Gasteiger partial charge in [0.1, 0.15) is 5.82 Å². The van der Waals surface area contributed by atoms with Crippen LogP contribution >= 0.6 is 0 Å². The molecule has 0 saturated carbocycles. The van der Waals surface area contributed by atoms with Crippen molar-refractivity contribution in [1.29, 1.82) is 0 Å². The molecule has 1 atom stereocenters. The fourth-order valence-electron chi connectivity index (χ4n) is 4.91. The standard InChI is InChI=1S/C25H32FN3O/c1-28-16-13-25(14-17-28,21-9-3-2-4-10-21)24(30)27-22-11-7-15-29(19-22)18-20-8-5-6-12-23(20)26/h2-6,8-10,12,22H,7,11,13-19H2,1H3,(H,27,30). The van der Waals surface area contributed by atoms with Gasteiger partial charge in [-0.3, -0.25) is 9.69 Å². The van der Waals surface area contributed by atoms with E-state index in [0.29, 0.717) is 6.54 Å². The molecule has 2 aromatic rings. The summed E-state index contributed by atoms with van der Waals surface area (Å²) in [7, 11) is 2.12. The first kappa shape index (κ1) is 21.0. The number of piperidine rings is 2. The maximum Gasteiger partial charge on any atom is 0.231 e. The lowest BCUT2D eigenvalue weighted by Crippen LogP contribution is -2.56. The number of halogens is 1. The lowest BCUT2D eigenvalue weighted by Gasteiger charge is -2.42. The molecule has 0 radical (unpaired) electrons. The Morgan fingerprint density at radius 1 is 1.07 bits per heavy atom. The van der Waals surface area contributed by atoms with Crippen LogP contribution in [-0.4, -0.2) is 55.0 Å². The number of benzene rings is 2. The Hall–Kier alpha value is -2.24. The highest BCUT2D eigenvalue weighted by molar-refractivity contribution is 5.88. The summed E-state index contributed by atoms with van der Waals surface area (Å²) in [5, 5.41) is 3.38. The van der Waals surface area contributed by atoms with Crippen LogP contribution in [0.2, 0.25) is 0 Å². The predicted octanol–water partition coefficient (Wildman–Crippen LogP) is 3.57. The number of likely N-dealkylation sites (tertiary alicyclic amines) is 2. The van der Waals surface area contributed by atoms with Gasteiger partial charge in [0.15, 0.2) is 0 Å². The maximum absolute atomic E-state index is 14.1. The monoisotopic (exact) mass is 409 g/mol. The average Bonchev–Trinajstić information content (AvgIpc) is 2.77. The lowest BCUT2D eigenvalue weighted by atomic mass is 9.72. The summed E-state index contributed by atoms with van der Waals surface area (Å²) in [6.45, 7) is 4.15. The molecule has 2 aliphatic rings. The number of hydrogen-bond acceptors (Lipinski definition) is 3. The van der Waals surface area contributed by atoms with Crippen LogP contribution in [0.5, 0.6) is 0 Å². The maximum atomic E-state index is 14.1. The van der Waals surface area contributed by atoms with Crippen LogP contribution < -0.4 is 5.32 Å². The summed E-state index contributed by atoms with van der Waals surface area (Å²) in [6.07, 6.45) is 3.67. The molecule has 1 unspecified atom stereocenters. The number of carbonyl (C=O) groups excluding carboxylic acids is 1. The molecule has 1 N–H and O–H groups in total. The Morgan fingerprint density at radius 3 is 2.50 bits per heavy atom. The van der Waals surface area contributed by atoms with Crippen molar-refractivity contribution < 1.29 is 9.18 Å². The molecule has 2 saturated heterocycles. The van der Waals surface area contributed by atoms with Crippen LogP contribution in [0.25, 0.3) is 0 Å². The molecule has 0 bridgehead atoms. The highest BCUT2D eigenvalue weighted by Gasteiger charge is 2.43. The first-order valence-electron chi connectivity index (χ1n) is 11.1. The Labute approximate surface area is 179 Å². The molecular formula is C25H32FN3O. The van der Waals surface area contributed by atoms with Crippen LogP contribution in [0.15, 0.2) is 54.6 Å². The second-order valence-corrected chi connectivity index (χ2v) is 8.89. The molecule has 1 amide bonds. The Bertz CT molecular complexity index is 848. The van der Waals surface area contributed by atoms with Gasteiger partial charge < -0.3 is 10.2 Å². The van der Waals surface area contributed by atoms with E-state index in [1.54, 1.807) is 6.07 Å². The minimum absolute atomic E-state index is 0.110. The SMILES string of the molecule is CN1CCC(C(=O)NC2CCCN(Cc3ccccc3F)C2)(c2ccccc2)CC1. The second kappa shape index (κ2) is 9.27. The molecule has 160 valence electrons. The van der Waals surface area contributed by atoms with Crippen molar-refractivity contribution in [3.8, 4) is 0 Å². The number of nitrogens with zero attached hydrogens (tertiary/aromatic N) is 2. The fraction of sp³-hybridized carbons (Fsp3) is 0.480. The number of carbonyl (C=O) groups is 1. The van der Waals surface area contributed by atoms with Gasteiger partial charge in [0.05, 0.1) is 5.41 Å². The van der Waals surface area contributed by atoms with Crippen molar-refractivity contribution >= 4 is 5.91 Å². The largest absolute Gasteiger partial charge is 0.351 e. The van der Waals surface area contributed by atoms with Gasteiger partial charge in [-0.05, 0) is 64.0 Å². The van der Waals surface area contributed by atoms with Crippen molar-refractivity contribution in [2.24, 2.45) is 0 Å². The normalized spacial score (nSPS) is 22.5. The third-order valence-corrected chi connectivity index (χ3v) is 6.79. The molecule has 4 rings (SSSR count). The minimum atomic E-state index is -0.457. The second-order valence-electron chi connectivity index (χ2n) is 8.89. The zero-order chi connectivity index (χ0) is 21.0. The number of hydrogen-bond donors (Lipinski definition) is 1. The highest BCUT2D eigenvalue weighted by Crippen LogP contribution is 2.36. The van der Waals surface area contributed by atoms with E-state index in [1.807, 2.05) is 30.3 Å². The predicted molar refractivity (Wildman–Crippen MR) is 118 cm³/mol. The Morgan fingerprint density at radius 2 is 1.77 bits per heavy atom. The number of rotatable bonds is 5. The van der Waals surface area contributed by atoms with Gasteiger partial charge in [-0.25, -0.2) is 4.39 Å². The fourth-order valence-corrected chi connectivity index (χ4v) is 4.91. The topological polar surface area (TPSA) is 35.6 Å². The van der Waals surface area contributed by atoms with Crippen molar-refractivity contribution in [2.45, 2.75) is 43.7 Å². The van der Waals surface area contributed by atoms with E-state index in [2.05, 4.69) is 34.3 Å². The van der Waals surface area contributed by atoms with Crippen LogP contribution in [0, 0.1) is 5.82 Å². The van der Waals surface area contributed by atoms with Gasteiger partial charge >= 0.3 is 0 Å². The van der Waals surface area contributed by atoms with Gasteiger partial charge in [-0.1, -0.05) is 48.5 Å². The summed E-state index contributed by atoms with van der Waals surface area (Å²) in [6, 6.07) is 17.3. The highest BCUT2D eigenvalue weighted by atomic mass is 19.1. The van der Waals surface area contributed by atoms with E-state index in [0.717, 1.165) is 63.0 Å². The van der Waals surface area contributed by atoms with E-state index >= 15 is 0 Å². The molecule has 2 aliphatic heterocycles. The molecular weight excluding hydrogens is 377 g/mol. The van der Waals surface area contributed by atoms with Crippen molar-refractivity contribution in [1.82, 2.24) is 15.1 Å². The molecule has 2 heterocycles. The molecule has 4 nitrogen and oxygen atoms in total. The smallest absolute Gasteiger partial charge is 0.231 e. The van der Waals surface area contributed by atoms with Crippen LogP contribution in [-0.2, 0) is 16.8 Å². The zero-order valence-corrected chi connectivity index (χ0v) is 17.8. The molecule has 0 aliphatic carbocycles. The first-order valence-corrected chi connectivity index (χ1v) is 11.1. The van der Waals surface area contributed by atoms with Gasteiger partial charge in [-0.2, -0.15) is 0 Å². The van der Waals surface area contributed by atoms with Crippen molar-refractivity contribution in [3.05, 3.63) is 71.5 Å². The van der Waals surface area contributed by atoms with E-state index in [9.17, 15) is 9.18 Å². The number of amides is 1. The molecule has 2 fully saturated rings. The van der Waals surface area contributed by atoms with Crippen molar-refractivity contribution in [3.63, 3.8) is 0 Å². The Balaban J connectivity index is 1.45. The summed E-state index contributed by atoms with van der Waals surface area (Å²) in [5.74, 6) is -0.00226. The van der Waals surface area contributed by atoms with Crippen molar-refractivity contribution in [2.75, 3.05) is 33.2 Å². The molecule has 0 aromatic heterocycles. The van der Waals surface area contributed by atoms with Gasteiger partial charge in [0, 0.05) is 24.7 Å². The molecule has 5 heteroatoms. The van der Waals surface area contributed by atoms with Gasteiger partial charge in [0.25, 0.3) is 0 Å². The third-order valence-electron chi connectivity index (χ3n) is 6.79. The van der Waals surface area contributed by atoms with Gasteiger partial charge in [0.2, 0.25) is 5.91 Å². The van der Waals surface area contributed by atoms with Gasteiger partial charge in [-0.15, -0.1) is 0 Å². The summed E-state index contributed by atoms with van der Waals surface area (Å²) in [4.78, 5) is 18.2. The number of nitrogens with one attached hydrogen (secondary N) is 1. The lowest BCUT2D eigenvalue weighted by molar-refractivity contribution is -0.129.